The fraction of sp³-hybridized carbons (Fsp3) is 0.130. The topological polar surface area (TPSA) is 76.7 Å². The zero-order valence-corrected chi connectivity index (χ0v) is 17.5. The van der Waals surface area contributed by atoms with Crippen molar-refractivity contribution in [3.05, 3.63) is 78.4 Å². The number of carbonyl (C=O) groups excluding carboxylic acids is 2. The van der Waals surface area contributed by atoms with Crippen LogP contribution in [0.1, 0.15) is 10.4 Å². The molecule has 0 radical (unpaired) electrons. The second kappa shape index (κ2) is 10.4. The first-order valence-electron chi connectivity index (χ1n) is 9.20. The SMILES string of the molecule is COc1ccc(C(=O)Nc2cc(NC(=O)CSc3ccccc3)ccc2OC)cc1. The molecule has 0 saturated heterocycles. The molecule has 0 saturated carbocycles. The van der Waals surface area contributed by atoms with Crippen molar-refractivity contribution in [3.63, 3.8) is 0 Å². The highest BCUT2D eigenvalue weighted by atomic mass is 32.2. The van der Waals surface area contributed by atoms with E-state index in [9.17, 15) is 9.59 Å². The molecular weight excluding hydrogens is 400 g/mol. The molecule has 0 aliphatic carbocycles. The Labute approximate surface area is 179 Å². The Kier molecular flexibility index (Phi) is 7.34. The summed E-state index contributed by atoms with van der Waals surface area (Å²) < 4.78 is 10.4. The maximum atomic E-state index is 12.6. The second-order valence-corrected chi connectivity index (χ2v) is 7.30. The molecule has 3 aromatic carbocycles. The fourth-order valence-electron chi connectivity index (χ4n) is 2.68. The number of rotatable bonds is 8. The molecule has 2 amide bonds. The minimum absolute atomic E-state index is 0.138. The number of hydrogen-bond acceptors (Lipinski definition) is 5. The average molecular weight is 423 g/mol. The highest BCUT2D eigenvalue weighted by molar-refractivity contribution is 8.00. The van der Waals surface area contributed by atoms with Crippen molar-refractivity contribution < 1.29 is 19.1 Å². The Morgan fingerprint density at radius 3 is 2.27 bits per heavy atom. The van der Waals surface area contributed by atoms with Crippen LogP contribution >= 0.6 is 11.8 Å². The quantitative estimate of drug-likeness (QED) is 0.515. The summed E-state index contributed by atoms with van der Waals surface area (Å²) in [5.74, 6) is 1.01. The van der Waals surface area contributed by atoms with Crippen LogP contribution in [-0.4, -0.2) is 31.8 Å². The summed E-state index contributed by atoms with van der Waals surface area (Å²) in [4.78, 5) is 25.9. The molecule has 0 bridgehead atoms. The van der Waals surface area contributed by atoms with Crippen LogP contribution in [0.4, 0.5) is 11.4 Å². The maximum Gasteiger partial charge on any atom is 0.255 e. The van der Waals surface area contributed by atoms with Gasteiger partial charge in [0, 0.05) is 16.1 Å². The summed E-state index contributed by atoms with van der Waals surface area (Å²) in [6.07, 6.45) is 0. The van der Waals surface area contributed by atoms with Gasteiger partial charge in [0.05, 0.1) is 25.7 Å². The van der Waals surface area contributed by atoms with E-state index < -0.39 is 0 Å². The molecule has 3 aromatic rings. The summed E-state index contributed by atoms with van der Waals surface area (Å²) in [6.45, 7) is 0. The van der Waals surface area contributed by atoms with E-state index in [2.05, 4.69) is 10.6 Å². The van der Waals surface area contributed by atoms with Crippen LogP contribution in [0.3, 0.4) is 0 Å². The van der Waals surface area contributed by atoms with Crippen molar-refractivity contribution in [2.24, 2.45) is 0 Å². The van der Waals surface area contributed by atoms with E-state index in [4.69, 9.17) is 9.47 Å². The summed E-state index contributed by atoms with van der Waals surface area (Å²) in [5, 5.41) is 5.67. The van der Waals surface area contributed by atoms with Crippen LogP contribution in [-0.2, 0) is 4.79 Å². The summed E-state index contributed by atoms with van der Waals surface area (Å²) in [5.41, 5.74) is 1.51. The van der Waals surface area contributed by atoms with Gasteiger partial charge >= 0.3 is 0 Å². The molecule has 154 valence electrons. The van der Waals surface area contributed by atoms with Crippen molar-refractivity contribution >= 4 is 35.0 Å². The minimum atomic E-state index is -0.293. The summed E-state index contributed by atoms with van der Waals surface area (Å²) in [6, 6.07) is 21.6. The predicted molar refractivity (Wildman–Crippen MR) is 120 cm³/mol. The lowest BCUT2D eigenvalue weighted by Gasteiger charge is -2.13. The number of anilines is 2. The third-order valence-corrected chi connectivity index (χ3v) is 5.21. The average Bonchev–Trinajstić information content (AvgIpc) is 2.78. The van der Waals surface area contributed by atoms with Gasteiger partial charge in [0.15, 0.2) is 0 Å². The van der Waals surface area contributed by atoms with Crippen molar-refractivity contribution in [1.29, 1.82) is 0 Å². The van der Waals surface area contributed by atoms with Crippen LogP contribution < -0.4 is 20.1 Å². The Bertz CT molecular complexity index is 1010. The third-order valence-electron chi connectivity index (χ3n) is 4.20. The Morgan fingerprint density at radius 1 is 0.867 bits per heavy atom. The summed E-state index contributed by atoms with van der Waals surface area (Å²) >= 11 is 1.45. The van der Waals surface area contributed by atoms with Gasteiger partial charge in [-0.25, -0.2) is 0 Å². The van der Waals surface area contributed by atoms with Crippen molar-refractivity contribution in [1.82, 2.24) is 0 Å². The number of methoxy groups -OCH3 is 2. The molecular formula is C23H22N2O4S. The van der Waals surface area contributed by atoms with E-state index in [0.717, 1.165) is 4.90 Å². The van der Waals surface area contributed by atoms with Crippen molar-refractivity contribution in [2.75, 3.05) is 30.6 Å². The molecule has 3 rings (SSSR count). The number of hydrogen-bond donors (Lipinski definition) is 2. The first-order chi connectivity index (χ1) is 14.6. The van der Waals surface area contributed by atoms with E-state index in [0.29, 0.717) is 28.4 Å². The van der Waals surface area contributed by atoms with Crippen LogP contribution in [0.5, 0.6) is 11.5 Å². The lowest BCUT2D eigenvalue weighted by Crippen LogP contribution is -2.15. The molecule has 6 nitrogen and oxygen atoms in total. The largest absolute Gasteiger partial charge is 0.497 e. The molecule has 0 spiro atoms. The van der Waals surface area contributed by atoms with Gasteiger partial charge in [0.25, 0.3) is 5.91 Å². The number of ether oxygens (including phenoxy) is 2. The van der Waals surface area contributed by atoms with Gasteiger partial charge < -0.3 is 20.1 Å². The lowest BCUT2D eigenvalue weighted by atomic mass is 10.2. The van der Waals surface area contributed by atoms with Gasteiger partial charge in [-0.2, -0.15) is 0 Å². The van der Waals surface area contributed by atoms with E-state index in [1.807, 2.05) is 30.3 Å². The molecule has 2 N–H and O–H groups in total. The molecule has 0 atom stereocenters. The van der Waals surface area contributed by atoms with Gasteiger partial charge in [-0.1, -0.05) is 18.2 Å². The van der Waals surface area contributed by atoms with Gasteiger partial charge in [0.2, 0.25) is 5.91 Å². The molecule has 0 heterocycles. The van der Waals surface area contributed by atoms with E-state index in [1.165, 1.54) is 18.9 Å². The molecule has 7 heteroatoms. The lowest BCUT2D eigenvalue weighted by molar-refractivity contribution is -0.113. The molecule has 0 fully saturated rings. The van der Waals surface area contributed by atoms with Crippen molar-refractivity contribution in [3.8, 4) is 11.5 Å². The van der Waals surface area contributed by atoms with E-state index in [1.54, 1.807) is 49.6 Å². The molecule has 0 unspecified atom stereocenters. The fourth-order valence-corrected chi connectivity index (χ4v) is 3.40. The third kappa shape index (κ3) is 5.78. The molecule has 0 aromatic heterocycles. The highest BCUT2D eigenvalue weighted by Gasteiger charge is 2.12. The Hall–Kier alpha value is -3.45. The Morgan fingerprint density at radius 2 is 1.60 bits per heavy atom. The number of carbonyl (C=O) groups is 2. The van der Waals surface area contributed by atoms with Gasteiger partial charge in [-0.15, -0.1) is 11.8 Å². The molecule has 0 aliphatic rings. The second-order valence-electron chi connectivity index (χ2n) is 6.25. The number of thioether (sulfide) groups is 1. The maximum absolute atomic E-state index is 12.6. The Balaban J connectivity index is 1.66. The van der Waals surface area contributed by atoms with Gasteiger partial charge in [-0.05, 0) is 54.6 Å². The number of amides is 2. The van der Waals surface area contributed by atoms with E-state index >= 15 is 0 Å². The smallest absolute Gasteiger partial charge is 0.255 e. The highest BCUT2D eigenvalue weighted by Crippen LogP contribution is 2.29. The predicted octanol–water partition coefficient (Wildman–Crippen LogP) is 4.69. The van der Waals surface area contributed by atoms with Crippen molar-refractivity contribution in [2.45, 2.75) is 4.90 Å². The number of benzene rings is 3. The van der Waals surface area contributed by atoms with Gasteiger partial charge in [0.1, 0.15) is 11.5 Å². The molecule has 0 aliphatic heterocycles. The monoisotopic (exact) mass is 422 g/mol. The first-order valence-corrected chi connectivity index (χ1v) is 10.2. The summed E-state index contributed by atoms with van der Waals surface area (Å²) in [7, 11) is 3.09. The first kappa shape index (κ1) is 21.3. The molecule has 30 heavy (non-hydrogen) atoms. The number of nitrogens with one attached hydrogen (secondary N) is 2. The van der Waals surface area contributed by atoms with Crippen LogP contribution in [0.25, 0.3) is 0 Å². The minimum Gasteiger partial charge on any atom is -0.497 e. The van der Waals surface area contributed by atoms with Crippen LogP contribution in [0.2, 0.25) is 0 Å². The standard InChI is InChI=1S/C23H22N2O4S/c1-28-18-11-8-16(9-12-18)23(27)25-20-14-17(10-13-21(20)29-2)24-22(26)15-30-19-6-4-3-5-7-19/h3-14H,15H2,1-2H3,(H,24,26)(H,25,27). The zero-order valence-electron chi connectivity index (χ0n) is 16.7. The zero-order chi connectivity index (χ0) is 21.3. The van der Waals surface area contributed by atoms with Crippen LogP contribution in [0, 0.1) is 0 Å². The van der Waals surface area contributed by atoms with Gasteiger partial charge in [-0.3, -0.25) is 9.59 Å². The normalized spacial score (nSPS) is 10.2. The van der Waals surface area contributed by atoms with Crippen LogP contribution in [0.15, 0.2) is 77.7 Å². The van der Waals surface area contributed by atoms with E-state index in [-0.39, 0.29) is 17.6 Å².